The van der Waals surface area contributed by atoms with Crippen LogP contribution in [0.4, 0.5) is 0 Å². The van der Waals surface area contributed by atoms with Crippen LogP contribution in [0.2, 0.25) is 0 Å². The second-order valence-electron chi connectivity index (χ2n) is 5.52. The summed E-state index contributed by atoms with van der Waals surface area (Å²) in [7, 11) is 0. The fraction of sp³-hybridized carbons (Fsp3) is 0.263. The van der Waals surface area contributed by atoms with Gasteiger partial charge in [0.05, 0.1) is 0 Å². The standard InChI is InChI=1S/C19H22N2O3/c1-4-15-9-11-16(12-10-15)24-14(3)18(22)20-21-19(23)17-8-6-5-7-13(17)2/h5-12,14H,4H2,1-3H3,(H,20,22)(H,21,23). The van der Waals surface area contributed by atoms with E-state index in [1.165, 1.54) is 5.56 Å². The maximum atomic E-state index is 12.1. The Hall–Kier alpha value is -2.82. The van der Waals surface area contributed by atoms with Gasteiger partial charge in [-0.05, 0) is 49.6 Å². The Morgan fingerprint density at radius 3 is 2.33 bits per heavy atom. The Morgan fingerprint density at radius 2 is 1.71 bits per heavy atom. The summed E-state index contributed by atoms with van der Waals surface area (Å²) in [6, 6.07) is 14.7. The summed E-state index contributed by atoms with van der Waals surface area (Å²) in [5, 5.41) is 0. The number of aryl methyl sites for hydroxylation is 2. The molecule has 0 aliphatic carbocycles. The van der Waals surface area contributed by atoms with Crippen LogP contribution in [0.5, 0.6) is 5.75 Å². The van der Waals surface area contributed by atoms with E-state index in [1.807, 2.05) is 43.3 Å². The molecular weight excluding hydrogens is 304 g/mol. The molecule has 0 heterocycles. The van der Waals surface area contributed by atoms with E-state index in [0.717, 1.165) is 12.0 Å². The molecule has 126 valence electrons. The molecule has 1 atom stereocenters. The summed E-state index contributed by atoms with van der Waals surface area (Å²) in [5.74, 6) is -0.169. The third kappa shape index (κ3) is 4.59. The van der Waals surface area contributed by atoms with Crippen LogP contribution < -0.4 is 15.6 Å². The summed E-state index contributed by atoms with van der Waals surface area (Å²) in [5.41, 5.74) is 7.35. The molecule has 2 rings (SSSR count). The fourth-order valence-electron chi connectivity index (χ4n) is 2.18. The zero-order valence-electron chi connectivity index (χ0n) is 14.1. The van der Waals surface area contributed by atoms with Gasteiger partial charge in [0.15, 0.2) is 6.10 Å². The molecule has 0 fully saturated rings. The predicted octanol–water partition coefficient (Wildman–Crippen LogP) is 2.79. The zero-order chi connectivity index (χ0) is 17.5. The van der Waals surface area contributed by atoms with Gasteiger partial charge in [-0.25, -0.2) is 0 Å². The molecule has 0 saturated carbocycles. The van der Waals surface area contributed by atoms with Gasteiger partial charge in [-0.15, -0.1) is 0 Å². The zero-order valence-corrected chi connectivity index (χ0v) is 14.1. The van der Waals surface area contributed by atoms with Gasteiger partial charge in [-0.3, -0.25) is 20.4 Å². The van der Waals surface area contributed by atoms with Gasteiger partial charge in [-0.1, -0.05) is 37.3 Å². The minimum atomic E-state index is -0.727. The van der Waals surface area contributed by atoms with Gasteiger partial charge < -0.3 is 4.74 Å². The van der Waals surface area contributed by atoms with E-state index in [0.29, 0.717) is 11.3 Å². The number of carbonyl (C=O) groups is 2. The van der Waals surface area contributed by atoms with Crippen LogP contribution in [0.3, 0.4) is 0 Å². The number of rotatable bonds is 5. The first-order chi connectivity index (χ1) is 11.5. The molecule has 0 aliphatic rings. The minimum absolute atomic E-state index is 0.360. The quantitative estimate of drug-likeness (QED) is 0.830. The van der Waals surface area contributed by atoms with Crippen molar-refractivity contribution in [2.75, 3.05) is 0 Å². The summed E-state index contributed by atoms with van der Waals surface area (Å²) in [4.78, 5) is 24.1. The lowest BCUT2D eigenvalue weighted by molar-refractivity contribution is -0.128. The highest BCUT2D eigenvalue weighted by atomic mass is 16.5. The van der Waals surface area contributed by atoms with Gasteiger partial charge >= 0.3 is 0 Å². The van der Waals surface area contributed by atoms with Crippen LogP contribution in [-0.4, -0.2) is 17.9 Å². The van der Waals surface area contributed by atoms with Gasteiger partial charge in [0.2, 0.25) is 0 Å². The van der Waals surface area contributed by atoms with E-state index in [2.05, 4.69) is 17.8 Å². The number of benzene rings is 2. The van der Waals surface area contributed by atoms with Crippen LogP contribution >= 0.6 is 0 Å². The predicted molar refractivity (Wildman–Crippen MR) is 92.7 cm³/mol. The molecule has 24 heavy (non-hydrogen) atoms. The van der Waals surface area contributed by atoms with Gasteiger partial charge in [0.1, 0.15) is 5.75 Å². The van der Waals surface area contributed by atoms with E-state index in [9.17, 15) is 9.59 Å². The molecule has 2 N–H and O–H groups in total. The largest absolute Gasteiger partial charge is 0.481 e. The van der Waals surface area contributed by atoms with Crippen molar-refractivity contribution in [3.63, 3.8) is 0 Å². The Balaban J connectivity index is 1.87. The number of amides is 2. The first-order valence-electron chi connectivity index (χ1n) is 7.92. The molecule has 0 saturated heterocycles. The maximum Gasteiger partial charge on any atom is 0.279 e. The van der Waals surface area contributed by atoms with Gasteiger partial charge in [0, 0.05) is 5.56 Å². The van der Waals surface area contributed by atoms with Crippen molar-refractivity contribution in [3.8, 4) is 5.75 Å². The summed E-state index contributed by atoms with van der Waals surface area (Å²) < 4.78 is 5.57. The Bertz CT molecular complexity index is 711. The molecular formula is C19H22N2O3. The smallest absolute Gasteiger partial charge is 0.279 e. The number of ether oxygens (including phenoxy) is 1. The van der Waals surface area contributed by atoms with Crippen LogP contribution in [0.15, 0.2) is 48.5 Å². The van der Waals surface area contributed by atoms with Crippen LogP contribution in [0, 0.1) is 6.92 Å². The van der Waals surface area contributed by atoms with Crippen molar-refractivity contribution in [1.29, 1.82) is 0 Å². The van der Waals surface area contributed by atoms with Crippen LogP contribution in [0.1, 0.15) is 35.3 Å². The lowest BCUT2D eigenvalue weighted by atomic mass is 10.1. The van der Waals surface area contributed by atoms with E-state index in [-0.39, 0.29) is 5.91 Å². The normalized spacial score (nSPS) is 11.5. The number of hydrogen-bond donors (Lipinski definition) is 2. The minimum Gasteiger partial charge on any atom is -0.481 e. The van der Waals surface area contributed by atoms with E-state index in [1.54, 1.807) is 19.1 Å². The molecule has 0 aromatic heterocycles. The van der Waals surface area contributed by atoms with Crippen molar-refractivity contribution >= 4 is 11.8 Å². The molecule has 0 bridgehead atoms. The highest BCUT2D eigenvalue weighted by molar-refractivity contribution is 5.96. The number of hydrogen-bond acceptors (Lipinski definition) is 3. The third-order valence-corrected chi connectivity index (χ3v) is 3.70. The molecule has 2 aromatic carbocycles. The average molecular weight is 326 g/mol. The average Bonchev–Trinajstić information content (AvgIpc) is 2.60. The lowest BCUT2D eigenvalue weighted by Crippen LogP contribution is -2.47. The Labute approximate surface area is 142 Å². The SMILES string of the molecule is CCc1ccc(OC(C)C(=O)NNC(=O)c2ccccc2C)cc1. The molecule has 5 heteroatoms. The summed E-state index contributed by atoms with van der Waals surface area (Å²) >= 11 is 0. The molecule has 1 unspecified atom stereocenters. The maximum absolute atomic E-state index is 12.1. The molecule has 0 aliphatic heterocycles. The first-order valence-corrected chi connectivity index (χ1v) is 7.92. The van der Waals surface area contributed by atoms with Gasteiger partial charge in [0.25, 0.3) is 11.8 Å². The number of hydrazine groups is 1. The lowest BCUT2D eigenvalue weighted by Gasteiger charge is -2.15. The molecule has 2 amide bonds. The highest BCUT2D eigenvalue weighted by Gasteiger charge is 2.16. The van der Waals surface area contributed by atoms with E-state index in [4.69, 9.17) is 4.74 Å². The van der Waals surface area contributed by atoms with E-state index < -0.39 is 12.0 Å². The summed E-state index contributed by atoms with van der Waals surface area (Å²) in [6.07, 6.45) is 0.219. The topological polar surface area (TPSA) is 67.4 Å². The summed E-state index contributed by atoms with van der Waals surface area (Å²) in [6.45, 7) is 5.54. The van der Waals surface area contributed by atoms with Crippen molar-refractivity contribution in [3.05, 3.63) is 65.2 Å². The van der Waals surface area contributed by atoms with Gasteiger partial charge in [-0.2, -0.15) is 0 Å². The Kier molecular flexibility index (Phi) is 5.95. The van der Waals surface area contributed by atoms with Crippen molar-refractivity contribution < 1.29 is 14.3 Å². The van der Waals surface area contributed by atoms with Crippen molar-refractivity contribution in [2.45, 2.75) is 33.3 Å². The fourth-order valence-corrected chi connectivity index (χ4v) is 2.18. The molecule has 2 aromatic rings. The third-order valence-electron chi connectivity index (χ3n) is 3.70. The molecule has 0 spiro atoms. The molecule has 5 nitrogen and oxygen atoms in total. The number of carbonyl (C=O) groups excluding carboxylic acids is 2. The van der Waals surface area contributed by atoms with Crippen molar-refractivity contribution in [1.82, 2.24) is 10.9 Å². The second kappa shape index (κ2) is 8.15. The first kappa shape index (κ1) is 17.5. The van der Waals surface area contributed by atoms with Crippen LogP contribution in [0.25, 0.3) is 0 Å². The monoisotopic (exact) mass is 326 g/mol. The highest BCUT2D eigenvalue weighted by Crippen LogP contribution is 2.14. The van der Waals surface area contributed by atoms with Crippen LogP contribution in [-0.2, 0) is 11.2 Å². The second-order valence-corrected chi connectivity index (χ2v) is 5.52. The van der Waals surface area contributed by atoms with Crippen molar-refractivity contribution in [2.24, 2.45) is 0 Å². The number of nitrogens with one attached hydrogen (secondary N) is 2. The Morgan fingerprint density at radius 1 is 1.04 bits per heavy atom. The van der Waals surface area contributed by atoms with E-state index >= 15 is 0 Å². The molecule has 0 radical (unpaired) electrons.